The first-order valence-corrected chi connectivity index (χ1v) is 8.87. The van der Waals surface area contributed by atoms with Crippen LogP contribution in [0.2, 0.25) is 0 Å². The Morgan fingerprint density at radius 2 is 1.63 bits per heavy atom. The first kappa shape index (κ1) is 20.3. The molecule has 6 nitrogen and oxygen atoms in total. The Balaban J connectivity index is 1.77. The van der Waals surface area contributed by atoms with Gasteiger partial charge in [-0.1, -0.05) is 19.1 Å². The Morgan fingerprint density at radius 1 is 1.00 bits per heavy atom. The Labute approximate surface area is 160 Å². The van der Waals surface area contributed by atoms with E-state index in [2.05, 4.69) is 10.6 Å². The SMILES string of the molecule is COc1ccc(C(C)CC(=O)NCC(=O)Nc2ccc(N(C)C)cc2)cc1. The van der Waals surface area contributed by atoms with Gasteiger partial charge in [0.05, 0.1) is 13.7 Å². The fourth-order valence-electron chi connectivity index (χ4n) is 2.63. The van der Waals surface area contributed by atoms with Gasteiger partial charge in [0.25, 0.3) is 0 Å². The number of anilines is 2. The van der Waals surface area contributed by atoms with Gasteiger partial charge in [0, 0.05) is 31.9 Å². The lowest BCUT2D eigenvalue weighted by atomic mass is 9.97. The van der Waals surface area contributed by atoms with Crippen molar-refractivity contribution in [1.29, 1.82) is 0 Å². The van der Waals surface area contributed by atoms with Crippen molar-refractivity contribution in [2.45, 2.75) is 19.3 Å². The van der Waals surface area contributed by atoms with Gasteiger partial charge in [-0.05, 0) is 47.9 Å². The van der Waals surface area contributed by atoms with Crippen molar-refractivity contribution in [2.24, 2.45) is 0 Å². The summed E-state index contributed by atoms with van der Waals surface area (Å²) < 4.78 is 5.14. The topological polar surface area (TPSA) is 70.7 Å². The summed E-state index contributed by atoms with van der Waals surface area (Å²) >= 11 is 0. The molecule has 27 heavy (non-hydrogen) atoms. The van der Waals surface area contributed by atoms with Crippen LogP contribution < -0.4 is 20.3 Å². The summed E-state index contributed by atoms with van der Waals surface area (Å²) in [6.07, 6.45) is 0.317. The largest absolute Gasteiger partial charge is 0.497 e. The van der Waals surface area contributed by atoms with E-state index in [0.717, 1.165) is 17.0 Å². The molecular formula is C21H27N3O3. The third-order valence-corrected chi connectivity index (χ3v) is 4.29. The van der Waals surface area contributed by atoms with E-state index in [1.807, 2.05) is 74.4 Å². The van der Waals surface area contributed by atoms with E-state index in [1.54, 1.807) is 7.11 Å². The molecule has 0 aliphatic carbocycles. The quantitative estimate of drug-likeness (QED) is 0.750. The average molecular weight is 369 g/mol. The van der Waals surface area contributed by atoms with Crippen molar-refractivity contribution in [1.82, 2.24) is 5.32 Å². The molecule has 1 atom stereocenters. The van der Waals surface area contributed by atoms with Crippen LogP contribution in [0.1, 0.15) is 24.8 Å². The summed E-state index contributed by atoms with van der Waals surface area (Å²) in [5.74, 6) is 0.428. The highest BCUT2D eigenvalue weighted by Gasteiger charge is 2.12. The molecule has 0 aliphatic rings. The van der Waals surface area contributed by atoms with Gasteiger partial charge in [-0.3, -0.25) is 9.59 Å². The molecule has 1 unspecified atom stereocenters. The number of hydrogen-bond donors (Lipinski definition) is 2. The molecule has 0 heterocycles. The van der Waals surface area contributed by atoms with Gasteiger partial charge in [-0.2, -0.15) is 0 Å². The summed E-state index contributed by atoms with van der Waals surface area (Å²) in [5, 5.41) is 5.45. The lowest BCUT2D eigenvalue weighted by Crippen LogP contribution is -2.33. The van der Waals surface area contributed by atoms with Gasteiger partial charge in [0.1, 0.15) is 5.75 Å². The second-order valence-electron chi connectivity index (χ2n) is 6.64. The fourth-order valence-corrected chi connectivity index (χ4v) is 2.63. The lowest BCUT2D eigenvalue weighted by Gasteiger charge is -2.14. The zero-order valence-electron chi connectivity index (χ0n) is 16.3. The van der Waals surface area contributed by atoms with Crippen LogP contribution in [0.25, 0.3) is 0 Å². The molecule has 0 saturated carbocycles. The van der Waals surface area contributed by atoms with Crippen LogP contribution in [0, 0.1) is 0 Å². The number of rotatable bonds is 8. The van der Waals surface area contributed by atoms with Crippen LogP contribution in [0.15, 0.2) is 48.5 Å². The van der Waals surface area contributed by atoms with Crippen molar-refractivity contribution in [3.63, 3.8) is 0 Å². The van der Waals surface area contributed by atoms with Crippen LogP contribution in [0.4, 0.5) is 11.4 Å². The van der Waals surface area contributed by atoms with Gasteiger partial charge in [-0.25, -0.2) is 0 Å². The maximum Gasteiger partial charge on any atom is 0.243 e. The number of hydrogen-bond acceptors (Lipinski definition) is 4. The van der Waals surface area contributed by atoms with Crippen LogP contribution in [-0.2, 0) is 9.59 Å². The Morgan fingerprint density at radius 3 is 2.19 bits per heavy atom. The molecule has 2 amide bonds. The normalized spacial score (nSPS) is 11.4. The van der Waals surface area contributed by atoms with Crippen molar-refractivity contribution in [2.75, 3.05) is 38.0 Å². The molecule has 6 heteroatoms. The Bertz CT molecular complexity index is 755. The number of carbonyl (C=O) groups is 2. The molecule has 2 N–H and O–H groups in total. The highest BCUT2D eigenvalue weighted by molar-refractivity contribution is 5.94. The standard InChI is InChI=1S/C21H27N3O3/c1-15(16-5-11-19(27-4)12-6-16)13-20(25)22-14-21(26)23-17-7-9-18(10-8-17)24(2)3/h5-12,15H,13-14H2,1-4H3,(H,22,25)(H,23,26). The predicted octanol–water partition coefficient (Wildman–Crippen LogP) is 3.01. The molecule has 0 aliphatic heterocycles. The minimum atomic E-state index is -0.252. The van der Waals surface area contributed by atoms with Gasteiger partial charge in [-0.15, -0.1) is 0 Å². The molecule has 0 saturated heterocycles. The number of benzene rings is 2. The minimum Gasteiger partial charge on any atom is -0.497 e. The third kappa shape index (κ3) is 6.33. The van der Waals surface area contributed by atoms with Crippen LogP contribution in [0.5, 0.6) is 5.75 Å². The lowest BCUT2D eigenvalue weighted by molar-refractivity contribution is -0.124. The third-order valence-electron chi connectivity index (χ3n) is 4.29. The summed E-state index contributed by atoms with van der Waals surface area (Å²) in [6.45, 7) is 1.93. The van der Waals surface area contributed by atoms with E-state index in [-0.39, 0.29) is 24.3 Å². The van der Waals surface area contributed by atoms with Gasteiger partial charge in [0.2, 0.25) is 11.8 Å². The number of nitrogens with one attached hydrogen (secondary N) is 2. The first-order valence-electron chi connectivity index (χ1n) is 8.87. The van der Waals surface area contributed by atoms with Crippen molar-refractivity contribution in [3.8, 4) is 5.75 Å². The number of ether oxygens (including phenoxy) is 1. The van der Waals surface area contributed by atoms with Crippen LogP contribution >= 0.6 is 0 Å². The van der Waals surface area contributed by atoms with Gasteiger partial charge < -0.3 is 20.3 Å². The molecule has 144 valence electrons. The highest BCUT2D eigenvalue weighted by atomic mass is 16.5. The summed E-state index contributed by atoms with van der Waals surface area (Å²) in [4.78, 5) is 26.1. The van der Waals surface area contributed by atoms with Gasteiger partial charge in [0.15, 0.2) is 0 Å². The van der Waals surface area contributed by atoms with Crippen LogP contribution in [0.3, 0.4) is 0 Å². The maximum atomic E-state index is 12.1. The monoisotopic (exact) mass is 369 g/mol. The molecule has 0 aromatic heterocycles. The van der Waals surface area contributed by atoms with Crippen molar-refractivity contribution in [3.05, 3.63) is 54.1 Å². The van der Waals surface area contributed by atoms with Crippen molar-refractivity contribution < 1.29 is 14.3 Å². The van der Waals surface area contributed by atoms with E-state index < -0.39 is 0 Å². The molecular weight excluding hydrogens is 342 g/mol. The zero-order valence-corrected chi connectivity index (χ0v) is 16.3. The Hall–Kier alpha value is -3.02. The highest BCUT2D eigenvalue weighted by Crippen LogP contribution is 2.21. The first-order chi connectivity index (χ1) is 12.9. The zero-order chi connectivity index (χ0) is 19.8. The number of amides is 2. The van der Waals surface area contributed by atoms with E-state index in [0.29, 0.717) is 12.1 Å². The molecule has 0 radical (unpaired) electrons. The fraction of sp³-hybridized carbons (Fsp3) is 0.333. The maximum absolute atomic E-state index is 12.1. The minimum absolute atomic E-state index is 0.0520. The van der Waals surface area contributed by atoms with Crippen LogP contribution in [-0.4, -0.2) is 39.6 Å². The molecule has 2 rings (SSSR count). The summed E-state index contributed by atoms with van der Waals surface area (Å²) in [7, 11) is 5.53. The van der Waals surface area contributed by atoms with E-state index >= 15 is 0 Å². The summed E-state index contributed by atoms with van der Waals surface area (Å²) in [6, 6.07) is 15.1. The smallest absolute Gasteiger partial charge is 0.243 e. The van der Waals surface area contributed by atoms with E-state index in [9.17, 15) is 9.59 Å². The van der Waals surface area contributed by atoms with E-state index in [4.69, 9.17) is 4.74 Å². The summed E-state index contributed by atoms with van der Waals surface area (Å²) in [5.41, 5.74) is 2.80. The molecule has 0 fully saturated rings. The second kappa shape index (κ2) is 9.62. The molecule has 2 aromatic carbocycles. The second-order valence-corrected chi connectivity index (χ2v) is 6.64. The Kier molecular flexibility index (Phi) is 7.23. The average Bonchev–Trinajstić information content (AvgIpc) is 2.67. The number of methoxy groups -OCH3 is 1. The van der Waals surface area contributed by atoms with Gasteiger partial charge >= 0.3 is 0 Å². The van der Waals surface area contributed by atoms with E-state index in [1.165, 1.54) is 0 Å². The number of carbonyl (C=O) groups excluding carboxylic acids is 2. The molecule has 2 aromatic rings. The molecule has 0 spiro atoms. The number of nitrogens with zero attached hydrogens (tertiary/aromatic N) is 1. The molecule has 0 bridgehead atoms. The van der Waals surface area contributed by atoms with Crippen molar-refractivity contribution >= 4 is 23.2 Å². The predicted molar refractivity (Wildman–Crippen MR) is 108 cm³/mol.